The minimum absolute atomic E-state index is 0.0673. The summed E-state index contributed by atoms with van der Waals surface area (Å²) in [7, 11) is 0. The molecular weight excluding hydrogens is 397 g/mol. The van der Waals surface area contributed by atoms with E-state index in [1.807, 2.05) is 6.07 Å². The molecule has 1 aliphatic rings. The summed E-state index contributed by atoms with van der Waals surface area (Å²) >= 11 is 5.93. The first kappa shape index (κ1) is 20.4. The molecule has 1 amide bonds. The van der Waals surface area contributed by atoms with E-state index in [1.165, 1.54) is 23.4 Å². The van der Waals surface area contributed by atoms with Gasteiger partial charge in [-0.05, 0) is 13.0 Å². The Morgan fingerprint density at radius 3 is 2.93 bits per heavy atom. The van der Waals surface area contributed by atoms with E-state index < -0.39 is 17.6 Å². The lowest BCUT2D eigenvalue weighted by atomic mass is 10.0. The first-order chi connectivity index (χ1) is 13.7. The van der Waals surface area contributed by atoms with Gasteiger partial charge in [-0.15, -0.1) is 0 Å². The topological polar surface area (TPSA) is 138 Å². The number of hydrogen-bond acceptors (Lipinski definition) is 3. The van der Waals surface area contributed by atoms with Crippen molar-refractivity contribution in [1.29, 1.82) is 10.7 Å². The van der Waals surface area contributed by atoms with Crippen molar-refractivity contribution in [2.75, 3.05) is 6.54 Å². The number of halogens is 2. The third-order valence-corrected chi connectivity index (χ3v) is 5.23. The molecule has 150 valence electrons. The SMILES string of the molecule is C=CC1(F)CC(C(N)=NC(=O)c2[nH]ccc2Cl)N(C(=N)c2c(C#N)c[nH]c2C)C1. The second-order valence-electron chi connectivity index (χ2n) is 6.79. The summed E-state index contributed by atoms with van der Waals surface area (Å²) in [5, 5.41) is 18.1. The number of amidine groups is 2. The van der Waals surface area contributed by atoms with Gasteiger partial charge in [0, 0.05) is 24.5 Å². The normalized spacial score (nSPS) is 21.8. The van der Waals surface area contributed by atoms with Crippen molar-refractivity contribution in [3.8, 4) is 6.07 Å². The minimum Gasteiger partial charge on any atom is -0.385 e. The van der Waals surface area contributed by atoms with Crippen molar-refractivity contribution >= 4 is 29.2 Å². The van der Waals surface area contributed by atoms with Crippen LogP contribution in [0.4, 0.5) is 4.39 Å². The largest absolute Gasteiger partial charge is 0.385 e. The number of likely N-dealkylation sites (tertiary alicyclic amines) is 1. The van der Waals surface area contributed by atoms with E-state index in [0.29, 0.717) is 11.3 Å². The Morgan fingerprint density at radius 2 is 2.34 bits per heavy atom. The van der Waals surface area contributed by atoms with Crippen molar-refractivity contribution in [2.24, 2.45) is 10.7 Å². The van der Waals surface area contributed by atoms with Crippen LogP contribution in [0.5, 0.6) is 0 Å². The van der Waals surface area contributed by atoms with Gasteiger partial charge in [0.25, 0.3) is 5.91 Å². The molecule has 0 bridgehead atoms. The van der Waals surface area contributed by atoms with Crippen LogP contribution in [0.25, 0.3) is 0 Å². The van der Waals surface area contributed by atoms with Crippen LogP contribution in [0.2, 0.25) is 5.02 Å². The highest BCUT2D eigenvalue weighted by Gasteiger charge is 2.46. The van der Waals surface area contributed by atoms with Crippen LogP contribution in [-0.2, 0) is 0 Å². The predicted molar refractivity (Wildman–Crippen MR) is 108 cm³/mol. The number of amides is 1. The number of rotatable bonds is 4. The maximum Gasteiger partial charge on any atom is 0.296 e. The molecule has 29 heavy (non-hydrogen) atoms. The first-order valence-corrected chi connectivity index (χ1v) is 9.06. The maximum atomic E-state index is 15.1. The predicted octanol–water partition coefficient (Wildman–Crippen LogP) is 2.67. The molecule has 3 rings (SSSR count). The maximum absolute atomic E-state index is 15.1. The average molecular weight is 416 g/mol. The lowest BCUT2D eigenvalue weighted by Crippen LogP contribution is -2.44. The lowest BCUT2D eigenvalue weighted by molar-refractivity contribution is 0.0998. The van der Waals surface area contributed by atoms with E-state index in [0.717, 1.165) is 6.08 Å². The molecule has 2 unspecified atom stereocenters. The van der Waals surface area contributed by atoms with Gasteiger partial charge < -0.3 is 20.6 Å². The summed E-state index contributed by atoms with van der Waals surface area (Å²) in [6.45, 7) is 5.03. The Labute approximate surface area is 171 Å². The molecule has 10 heteroatoms. The van der Waals surface area contributed by atoms with Crippen molar-refractivity contribution < 1.29 is 9.18 Å². The molecule has 0 radical (unpaired) electrons. The Balaban J connectivity index is 1.98. The van der Waals surface area contributed by atoms with Gasteiger partial charge in [0.15, 0.2) is 0 Å². The monoisotopic (exact) mass is 415 g/mol. The van der Waals surface area contributed by atoms with Gasteiger partial charge in [0.05, 0.1) is 28.7 Å². The average Bonchev–Trinajstić information content (AvgIpc) is 3.38. The number of nitrogens with zero attached hydrogens (tertiary/aromatic N) is 3. The molecule has 8 nitrogen and oxygen atoms in total. The van der Waals surface area contributed by atoms with Gasteiger partial charge in [-0.2, -0.15) is 10.3 Å². The number of aromatic amines is 2. The fourth-order valence-corrected chi connectivity index (χ4v) is 3.56. The van der Waals surface area contributed by atoms with Gasteiger partial charge in [-0.3, -0.25) is 10.2 Å². The van der Waals surface area contributed by atoms with Crippen LogP contribution < -0.4 is 5.73 Å². The van der Waals surface area contributed by atoms with Gasteiger partial charge in [0.2, 0.25) is 0 Å². The Bertz CT molecular complexity index is 1060. The van der Waals surface area contributed by atoms with Crippen LogP contribution in [0, 0.1) is 23.7 Å². The lowest BCUT2D eigenvalue weighted by Gasteiger charge is -2.26. The standard InChI is InChI=1S/C19H19ClFN7O/c1-3-19(21)6-13(16(23)27-18(29)15-12(20)4-5-25-15)28(9-19)17(24)14-10(2)26-8-11(14)7-22/h3-5,8,13,24-26H,1,6,9H2,2H3,(H2,23,27,29). The number of alkyl halides is 1. The number of aliphatic imine (C=N–C) groups is 1. The van der Waals surface area contributed by atoms with E-state index in [1.54, 1.807) is 6.92 Å². The van der Waals surface area contributed by atoms with Crippen LogP contribution in [-0.4, -0.2) is 50.7 Å². The zero-order chi connectivity index (χ0) is 21.3. The molecule has 2 aromatic rings. The number of carbonyl (C=O) groups is 1. The van der Waals surface area contributed by atoms with E-state index in [9.17, 15) is 10.1 Å². The zero-order valence-electron chi connectivity index (χ0n) is 15.6. The smallest absolute Gasteiger partial charge is 0.296 e. The van der Waals surface area contributed by atoms with E-state index in [2.05, 4.69) is 21.5 Å². The third-order valence-electron chi connectivity index (χ3n) is 4.91. The number of hydrogen-bond donors (Lipinski definition) is 4. The molecule has 1 aliphatic heterocycles. The van der Waals surface area contributed by atoms with Gasteiger partial charge in [0.1, 0.15) is 29.1 Å². The highest BCUT2D eigenvalue weighted by Crippen LogP contribution is 2.34. The minimum atomic E-state index is -1.83. The second-order valence-corrected chi connectivity index (χ2v) is 7.20. The highest BCUT2D eigenvalue weighted by atomic mass is 35.5. The van der Waals surface area contributed by atoms with E-state index >= 15 is 4.39 Å². The summed E-state index contributed by atoms with van der Waals surface area (Å²) < 4.78 is 15.1. The molecule has 5 N–H and O–H groups in total. The van der Waals surface area contributed by atoms with Crippen molar-refractivity contribution in [3.05, 3.63) is 58.7 Å². The fraction of sp³-hybridized carbons (Fsp3) is 0.263. The quantitative estimate of drug-likeness (QED) is 0.346. The number of nitrogens with two attached hydrogens (primary N) is 1. The van der Waals surface area contributed by atoms with Crippen molar-refractivity contribution in [3.63, 3.8) is 0 Å². The highest BCUT2D eigenvalue weighted by molar-refractivity contribution is 6.33. The summed E-state index contributed by atoms with van der Waals surface area (Å²) in [5.41, 5.74) is 5.49. The van der Waals surface area contributed by atoms with Crippen LogP contribution >= 0.6 is 11.6 Å². The second kappa shape index (κ2) is 7.56. The van der Waals surface area contributed by atoms with E-state index in [-0.39, 0.29) is 40.9 Å². The summed E-state index contributed by atoms with van der Waals surface area (Å²) in [5.74, 6) is -0.942. The number of nitrogens with one attached hydrogen (secondary N) is 3. The number of carbonyl (C=O) groups excluding carboxylic acids is 1. The van der Waals surface area contributed by atoms with Crippen LogP contribution in [0.15, 0.2) is 36.1 Å². The molecule has 0 aromatic carbocycles. The first-order valence-electron chi connectivity index (χ1n) is 8.68. The number of aryl methyl sites for hydroxylation is 1. The van der Waals surface area contributed by atoms with Gasteiger partial charge in [-0.1, -0.05) is 24.3 Å². The fourth-order valence-electron chi connectivity index (χ4n) is 3.36. The molecule has 2 atom stereocenters. The number of H-pyrrole nitrogens is 2. The molecular formula is C19H19ClFN7O. The molecule has 0 spiro atoms. The zero-order valence-corrected chi connectivity index (χ0v) is 16.3. The van der Waals surface area contributed by atoms with E-state index in [4.69, 9.17) is 22.7 Å². The molecule has 2 aromatic heterocycles. The van der Waals surface area contributed by atoms with Crippen LogP contribution in [0.1, 0.15) is 33.7 Å². The Morgan fingerprint density at radius 1 is 1.62 bits per heavy atom. The summed E-state index contributed by atoms with van der Waals surface area (Å²) in [6, 6.07) is 2.64. The Kier molecular flexibility index (Phi) is 5.31. The molecule has 3 heterocycles. The number of aromatic nitrogens is 2. The van der Waals surface area contributed by atoms with Gasteiger partial charge in [-0.25, -0.2) is 4.39 Å². The molecule has 1 fully saturated rings. The summed E-state index contributed by atoms with van der Waals surface area (Å²) in [4.78, 5) is 23.2. The van der Waals surface area contributed by atoms with Crippen molar-refractivity contribution in [2.45, 2.75) is 25.1 Å². The third kappa shape index (κ3) is 3.67. The number of nitriles is 1. The summed E-state index contributed by atoms with van der Waals surface area (Å²) in [6.07, 6.45) is 3.99. The van der Waals surface area contributed by atoms with Crippen LogP contribution in [0.3, 0.4) is 0 Å². The van der Waals surface area contributed by atoms with Crippen molar-refractivity contribution in [1.82, 2.24) is 14.9 Å². The molecule has 0 saturated carbocycles. The molecule has 1 saturated heterocycles. The van der Waals surface area contributed by atoms with Gasteiger partial charge >= 0.3 is 0 Å². The molecule has 0 aliphatic carbocycles. The Hall–Kier alpha value is -3.38.